The molecule has 0 aliphatic carbocycles. The number of pyridine rings is 1. The van der Waals surface area contributed by atoms with Crippen molar-refractivity contribution in [3.63, 3.8) is 0 Å². The molecule has 4 nitrogen and oxygen atoms in total. The highest BCUT2D eigenvalue weighted by Crippen LogP contribution is 2.01. The van der Waals surface area contributed by atoms with E-state index in [1.165, 1.54) is 6.07 Å². The third kappa shape index (κ3) is 5.80. The van der Waals surface area contributed by atoms with E-state index < -0.39 is 5.97 Å². The summed E-state index contributed by atoms with van der Waals surface area (Å²) in [4.78, 5) is 14.2. The van der Waals surface area contributed by atoms with Crippen molar-refractivity contribution < 1.29 is 9.90 Å². The fourth-order valence-corrected chi connectivity index (χ4v) is 0.960. The summed E-state index contributed by atoms with van der Waals surface area (Å²) in [5, 5.41) is 11.6. The summed E-state index contributed by atoms with van der Waals surface area (Å²) < 4.78 is 0. The molecule has 0 saturated heterocycles. The van der Waals surface area contributed by atoms with Crippen LogP contribution in [0.5, 0.6) is 0 Å². The molecule has 0 saturated carbocycles. The van der Waals surface area contributed by atoms with E-state index in [0.29, 0.717) is 5.69 Å². The van der Waals surface area contributed by atoms with E-state index in [4.69, 9.17) is 5.11 Å². The van der Waals surface area contributed by atoms with Crippen LogP contribution in [-0.4, -0.2) is 29.1 Å². The van der Waals surface area contributed by atoms with E-state index in [-0.39, 0.29) is 5.56 Å². The third-order valence-corrected chi connectivity index (χ3v) is 1.74. The Morgan fingerprint density at radius 2 is 2.07 bits per heavy atom. The van der Waals surface area contributed by atoms with Crippen molar-refractivity contribution in [2.24, 2.45) is 0 Å². The average Bonchev–Trinajstić information content (AvgIpc) is 2.20. The molecular formula is C11H18N2O2. The molecule has 0 unspecified atom stereocenters. The van der Waals surface area contributed by atoms with E-state index in [1.54, 1.807) is 19.2 Å². The number of nitrogens with one attached hydrogen (secondary N) is 1. The molecule has 0 amide bonds. The first kappa shape index (κ1) is 13.6. The number of carboxylic acid groups (broad SMARTS) is 1. The van der Waals surface area contributed by atoms with Crippen molar-refractivity contribution in [2.75, 3.05) is 13.1 Å². The molecule has 15 heavy (non-hydrogen) atoms. The maximum atomic E-state index is 10.4. The van der Waals surface area contributed by atoms with Gasteiger partial charge in [-0.15, -0.1) is 0 Å². The van der Waals surface area contributed by atoms with E-state index in [1.807, 2.05) is 0 Å². The molecule has 0 radical (unpaired) electrons. The summed E-state index contributed by atoms with van der Waals surface area (Å²) in [6, 6.07) is 3.14. The molecule has 0 spiro atoms. The van der Waals surface area contributed by atoms with Crippen molar-refractivity contribution in [1.82, 2.24) is 10.3 Å². The fraction of sp³-hybridized carbons (Fsp3) is 0.455. The molecule has 0 aliphatic rings. The molecule has 4 heteroatoms. The lowest BCUT2D eigenvalue weighted by atomic mass is 10.2. The molecule has 0 atom stereocenters. The number of nitrogens with zero attached hydrogens (tertiary/aromatic N) is 1. The Labute approximate surface area is 90.4 Å². The van der Waals surface area contributed by atoms with E-state index >= 15 is 0 Å². The van der Waals surface area contributed by atoms with Gasteiger partial charge in [-0.25, -0.2) is 4.79 Å². The topological polar surface area (TPSA) is 62.2 Å². The van der Waals surface area contributed by atoms with Gasteiger partial charge in [-0.2, -0.15) is 0 Å². The average molecular weight is 210 g/mol. The van der Waals surface area contributed by atoms with Crippen LogP contribution in [0.2, 0.25) is 0 Å². The summed E-state index contributed by atoms with van der Waals surface area (Å²) in [6.45, 7) is 8.06. The van der Waals surface area contributed by atoms with Gasteiger partial charge in [-0.05, 0) is 32.1 Å². The number of carbonyl (C=O) groups is 1. The smallest absolute Gasteiger partial charge is 0.337 e. The minimum atomic E-state index is -0.925. The molecule has 1 aromatic heterocycles. The molecular weight excluding hydrogens is 192 g/mol. The van der Waals surface area contributed by atoms with E-state index in [0.717, 1.165) is 13.1 Å². The number of aromatic carboxylic acids is 1. The Morgan fingerprint density at radius 3 is 2.33 bits per heavy atom. The van der Waals surface area contributed by atoms with Gasteiger partial charge in [0, 0.05) is 6.20 Å². The zero-order valence-corrected chi connectivity index (χ0v) is 9.45. The summed E-state index contributed by atoms with van der Waals surface area (Å²) in [5.74, 6) is -0.925. The maximum absolute atomic E-state index is 10.4. The number of hydrogen-bond acceptors (Lipinski definition) is 3. The van der Waals surface area contributed by atoms with Gasteiger partial charge in [0.25, 0.3) is 0 Å². The number of carboxylic acids is 1. The van der Waals surface area contributed by atoms with Crippen molar-refractivity contribution in [1.29, 1.82) is 0 Å². The summed E-state index contributed by atoms with van der Waals surface area (Å²) >= 11 is 0. The molecule has 0 aliphatic heterocycles. The number of aryl methyl sites for hydroxylation is 1. The van der Waals surface area contributed by atoms with Crippen LogP contribution >= 0.6 is 0 Å². The molecule has 0 fully saturated rings. The lowest BCUT2D eigenvalue weighted by molar-refractivity contribution is 0.0695. The maximum Gasteiger partial charge on any atom is 0.337 e. The highest BCUT2D eigenvalue weighted by Gasteiger charge is 2.04. The largest absolute Gasteiger partial charge is 0.478 e. The van der Waals surface area contributed by atoms with Crippen LogP contribution in [0.3, 0.4) is 0 Å². The van der Waals surface area contributed by atoms with Gasteiger partial charge < -0.3 is 10.4 Å². The van der Waals surface area contributed by atoms with E-state index in [9.17, 15) is 4.79 Å². The third-order valence-electron chi connectivity index (χ3n) is 1.74. The lowest BCUT2D eigenvalue weighted by Crippen LogP contribution is -2.09. The van der Waals surface area contributed by atoms with Crippen LogP contribution in [0.25, 0.3) is 0 Å². The van der Waals surface area contributed by atoms with Gasteiger partial charge in [-0.1, -0.05) is 13.8 Å². The van der Waals surface area contributed by atoms with Crippen LogP contribution < -0.4 is 5.32 Å². The highest BCUT2D eigenvalue weighted by atomic mass is 16.4. The normalized spacial score (nSPS) is 9.00. The first-order chi connectivity index (χ1) is 7.13. The quantitative estimate of drug-likeness (QED) is 0.797. The van der Waals surface area contributed by atoms with Crippen LogP contribution in [-0.2, 0) is 0 Å². The van der Waals surface area contributed by atoms with Gasteiger partial charge in [-0.3, -0.25) is 4.98 Å². The monoisotopic (exact) mass is 210 g/mol. The highest BCUT2D eigenvalue weighted by molar-refractivity contribution is 5.88. The Hall–Kier alpha value is -1.42. The predicted octanol–water partition coefficient (Wildman–Crippen LogP) is 1.70. The molecule has 0 aromatic carbocycles. The lowest BCUT2D eigenvalue weighted by Gasteiger charge is -1.95. The van der Waals surface area contributed by atoms with Crippen LogP contribution in [0.1, 0.15) is 29.9 Å². The minimum absolute atomic E-state index is 0.266. The summed E-state index contributed by atoms with van der Waals surface area (Å²) in [7, 11) is 0. The SMILES string of the molecule is CCNCC.Cc1ncccc1C(=O)O. The van der Waals surface area contributed by atoms with Gasteiger partial charge in [0.15, 0.2) is 0 Å². The number of rotatable bonds is 3. The molecule has 1 rings (SSSR count). The second-order valence-electron chi connectivity index (χ2n) is 2.90. The second-order valence-corrected chi connectivity index (χ2v) is 2.90. The van der Waals surface area contributed by atoms with Gasteiger partial charge in [0.05, 0.1) is 11.3 Å². The molecule has 84 valence electrons. The van der Waals surface area contributed by atoms with Crippen LogP contribution in [0, 0.1) is 6.92 Å². The van der Waals surface area contributed by atoms with E-state index in [2.05, 4.69) is 24.1 Å². The standard InChI is InChI=1S/C7H7NO2.C4H11N/c1-5-6(7(9)10)3-2-4-8-5;1-3-5-4-2/h2-4H,1H3,(H,9,10);5H,3-4H2,1-2H3. The molecule has 2 N–H and O–H groups in total. The Morgan fingerprint density at radius 1 is 1.47 bits per heavy atom. The van der Waals surface area contributed by atoms with Crippen molar-refractivity contribution in [3.05, 3.63) is 29.6 Å². The van der Waals surface area contributed by atoms with Gasteiger partial charge in [0.2, 0.25) is 0 Å². The Balaban J connectivity index is 0.000000336. The fourth-order valence-electron chi connectivity index (χ4n) is 0.960. The summed E-state index contributed by atoms with van der Waals surface area (Å²) in [6.07, 6.45) is 1.57. The van der Waals surface area contributed by atoms with Crippen molar-refractivity contribution in [2.45, 2.75) is 20.8 Å². The van der Waals surface area contributed by atoms with Crippen molar-refractivity contribution in [3.8, 4) is 0 Å². The van der Waals surface area contributed by atoms with Gasteiger partial charge >= 0.3 is 5.97 Å². The molecule has 1 heterocycles. The Kier molecular flexibility index (Phi) is 7.18. The second kappa shape index (κ2) is 7.94. The predicted molar refractivity (Wildman–Crippen MR) is 60.2 cm³/mol. The molecule has 1 aromatic rings. The zero-order chi connectivity index (χ0) is 11.7. The Bertz CT molecular complexity index is 298. The molecule has 0 bridgehead atoms. The van der Waals surface area contributed by atoms with Crippen LogP contribution in [0.15, 0.2) is 18.3 Å². The zero-order valence-electron chi connectivity index (χ0n) is 9.45. The minimum Gasteiger partial charge on any atom is -0.478 e. The van der Waals surface area contributed by atoms with Crippen molar-refractivity contribution >= 4 is 5.97 Å². The number of hydrogen-bond donors (Lipinski definition) is 2. The first-order valence-electron chi connectivity index (χ1n) is 4.99. The van der Waals surface area contributed by atoms with Gasteiger partial charge in [0.1, 0.15) is 0 Å². The number of aromatic nitrogens is 1. The van der Waals surface area contributed by atoms with Crippen LogP contribution in [0.4, 0.5) is 0 Å². The summed E-state index contributed by atoms with van der Waals surface area (Å²) in [5.41, 5.74) is 0.817. The first-order valence-corrected chi connectivity index (χ1v) is 4.99.